The lowest BCUT2D eigenvalue weighted by Crippen LogP contribution is -2.58. The van der Waals surface area contributed by atoms with Crippen molar-refractivity contribution in [1.82, 2.24) is 15.1 Å². The maximum absolute atomic E-state index is 13.9. The first-order chi connectivity index (χ1) is 13.6. The van der Waals surface area contributed by atoms with Crippen molar-refractivity contribution in [2.75, 3.05) is 14.1 Å². The van der Waals surface area contributed by atoms with Gasteiger partial charge in [-0.2, -0.15) is 0 Å². The predicted molar refractivity (Wildman–Crippen MR) is 116 cm³/mol. The highest BCUT2D eigenvalue weighted by Gasteiger charge is 2.61. The Hall–Kier alpha value is -2.53. The lowest BCUT2D eigenvalue weighted by Gasteiger charge is -2.43. The number of benzene rings is 2. The second-order valence-corrected chi connectivity index (χ2v) is 9.05. The molecule has 0 bridgehead atoms. The minimum atomic E-state index is -1.17. The SMILES string of the molecule is CNC(=O)N1C(C(C)(C)C)N(C)C(=O)C1(Cc1ccccc1)c1ccc(Cl)cc1. The molecule has 2 unspecified atom stereocenters. The summed E-state index contributed by atoms with van der Waals surface area (Å²) in [5.74, 6) is -0.104. The van der Waals surface area contributed by atoms with Crippen molar-refractivity contribution in [3.05, 3.63) is 70.7 Å². The number of nitrogens with zero attached hydrogens (tertiary/aromatic N) is 2. The number of carbonyl (C=O) groups excluding carboxylic acids is 2. The highest BCUT2D eigenvalue weighted by molar-refractivity contribution is 6.30. The molecule has 0 spiro atoms. The average Bonchev–Trinajstić information content (AvgIpc) is 2.91. The molecule has 2 aromatic carbocycles. The first kappa shape index (κ1) is 21.2. The lowest BCUT2D eigenvalue weighted by molar-refractivity contribution is -0.133. The van der Waals surface area contributed by atoms with Crippen LogP contribution in [0, 0.1) is 5.41 Å². The summed E-state index contributed by atoms with van der Waals surface area (Å²) >= 11 is 6.13. The number of amides is 3. The van der Waals surface area contributed by atoms with Gasteiger partial charge >= 0.3 is 6.03 Å². The van der Waals surface area contributed by atoms with Gasteiger partial charge in [-0.05, 0) is 23.3 Å². The maximum Gasteiger partial charge on any atom is 0.319 e. The lowest BCUT2D eigenvalue weighted by atomic mass is 9.81. The van der Waals surface area contributed by atoms with Gasteiger partial charge in [0.25, 0.3) is 5.91 Å². The number of likely N-dealkylation sites (N-methyl/N-ethyl adjacent to an activating group) is 1. The topological polar surface area (TPSA) is 52.7 Å². The number of hydrogen-bond donors (Lipinski definition) is 1. The standard InChI is InChI=1S/C23H28ClN3O2/c1-22(2,3)19-26(5)20(28)23(27(19)21(29)25-4,15-16-9-7-6-8-10-16)17-11-13-18(24)14-12-17/h6-14,19H,15H2,1-5H3,(H,25,29). The molecule has 1 fully saturated rings. The van der Waals surface area contributed by atoms with E-state index in [1.165, 1.54) is 0 Å². The van der Waals surface area contributed by atoms with Gasteiger partial charge in [0.15, 0.2) is 5.54 Å². The van der Waals surface area contributed by atoms with Crippen LogP contribution in [0.15, 0.2) is 54.6 Å². The molecule has 6 heteroatoms. The zero-order valence-corrected chi connectivity index (χ0v) is 18.3. The molecule has 0 saturated carbocycles. The van der Waals surface area contributed by atoms with Crippen LogP contribution < -0.4 is 5.32 Å². The van der Waals surface area contributed by atoms with E-state index in [1.807, 2.05) is 63.2 Å². The Morgan fingerprint density at radius 2 is 1.69 bits per heavy atom. The van der Waals surface area contributed by atoms with Gasteiger partial charge in [-0.15, -0.1) is 0 Å². The van der Waals surface area contributed by atoms with Crippen LogP contribution in [0.1, 0.15) is 31.9 Å². The van der Waals surface area contributed by atoms with Crippen LogP contribution in [0.3, 0.4) is 0 Å². The Labute approximate surface area is 177 Å². The zero-order valence-electron chi connectivity index (χ0n) is 17.6. The van der Waals surface area contributed by atoms with Gasteiger partial charge in [-0.3, -0.25) is 9.69 Å². The summed E-state index contributed by atoms with van der Waals surface area (Å²) in [6, 6.07) is 16.7. The van der Waals surface area contributed by atoms with E-state index in [-0.39, 0.29) is 17.4 Å². The fraction of sp³-hybridized carbons (Fsp3) is 0.391. The molecule has 1 heterocycles. The molecule has 1 aliphatic rings. The van der Waals surface area contributed by atoms with E-state index in [9.17, 15) is 9.59 Å². The minimum Gasteiger partial charge on any atom is -0.341 e. The minimum absolute atomic E-state index is 0.104. The van der Waals surface area contributed by atoms with Crippen molar-refractivity contribution in [3.8, 4) is 0 Å². The second kappa shape index (κ2) is 7.71. The summed E-state index contributed by atoms with van der Waals surface area (Å²) in [5.41, 5.74) is 0.214. The van der Waals surface area contributed by atoms with Crippen LogP contribution >= 0.6 is 11.6 Å². The summed E-state index contributed by atoms with van der Waals surface area (Å²) in [5, 5.41) is 3.34. The molecule has 29 heavy (non-hydrogen) atoms. The van der Waals surface area contributed by atoms with Crippen molar-refractivity contribution >= 4 is 23.5 Å². The molecule has 5 nitrogen and oxygen atoms in total. The van der Waals surface area contributed by atoms with Gasteiger partial charge in [0.2, 0.25) is 0 Å². The van der Waals surface area contributed by atoms with Crippen molar-refractivity contribution in [3.63, 3.8) is 0 Å². The number of rotatable bonds is 3. The summed E-state index contributed by atoms with van der Waals surface area (Å²) in [7, 11) is 3.37. The molecular formula is C23H28ClN3O2. The Balaban J connectivity index is 2.29. The molecule has 0 radical (unpaired) electrons. The van der Waals surface area contributed by atoms with E-state index in [1.54, 1.807) is 36.0 Å². The van der Waals surface area contributed by atoms with Crippen LogP contribution in [0.4, 0.5) is 4.79 Å². The van der Waals surface area contributed by atoms with Gasteiger partial charge in [0, 0.05) is 31.0 Å². The quantitative estimate of drug-likeness (QED) is 0.817. The van der Waals surface area contributed by atoms with E-state index < -0.39 is 11.7 Å². The highest BCUT2D eigenvalue weighted by atomic mass is 35.5. The number of urea groups is 1. The molecular weight excluding hydrogens is 386 g/mol. The molecule has 1 aliphatic heterocycles. The molecule has 3 amide bonds. The average molecular weight is 414 g/mol. The van der Waals surface area contributed by atoms with Crippen LogP contribution in [0.25, 0.3) is 0 Å². The molecule has 3 rings (SSSR count). The fourth-order valence-electron chi connectivity index (χ4n) is 4.40. The van der Waals surface area contributed by atoms with E-state index in [4.69, 9.17) is 11.6 Å². The first-order valence-electron chi connectivity index (χ1n) is 9.71. The first-order valence-corrected chi connectivity index (χ1v) is 10.1. The largest absolute Gasteiger partial charge is 0.341 e. The van der Waals surface area contributed by atoms with Gasteiger partial charge in [0.1, 0.15) is 6.17 Å². The van der Waals surface area contributed by atoms with Crippen molar-refractivity contribution in [2.45, 2.75) is 38.9 Å². The summed E-state index contributed by atoms with van der Waals surface area (Å²) < 4.78 is 0. The Morgan fingerprint density at radius 3 is 2.21 bits per heavy atom. The summed E-state index contributed by atoms with van der Waals surface area (Å²) in [6.45, 7) is 6.12. The Kier molecular flexibility index (Phi) is 5.63. The van der Waals surface area contributed by atoms with E-state index >= 15 is 0 Å². The normalized spacial score (nSPS) is 22.1. The van der Waals surface area contributed by atoms with Gasteiger partial charge in [-0.25, -0.2) is 4.79 Å². The molecule has 2 atom stereocenters. The Bertz CT molecular complexity index is 893. The highest BCUT2D eigenvalue weighted by Crippen LogP contribution is 2.46. The number of nitrogens with one attached hydrogen (secondary N) is 1. The third-order valence-electron chi connectivity index (χ3n) is 5.53. The number of carbonyl (C=O) groups is 2. The van der Waals surface area contributed by atoms with Crippen LogP contribution in [-0.2, 0) is 16.8 Å². The molecule has 1 saturated heterocycles. The van der Waals surface area contributed by atoms with Crippen LogP contribution in [0.5, 0.6) is 0 Å². The van der Waals surface area contributed by atoms with Gasteiger partial charge < -0.3 is 10.2 Å². The number of hydrogen-bond acceptors (Lipinski definition) is 2. The van der Waals surface area contributed by atoms with Crippen LogP contribution in [0.2, 0.25) is 5.02 Å². The van der Waals surface area contributed by atoms with E-state index in [2.05, 4.69) is 5.32 Å². The maximum atomic E-state index is 13.9. The monoisotopic (exact) mass is 413 g/mol. The fourth-order valence-corrected chi connectivity index (χ4v) is 4.53. The van der Waals surface area contributed by atoms with Crippen LogP contribution in [-0.4, -0.2) is 42.0 Å². The molecule has 1 N–H and O–H groups in total. The number of halogens is 1. The molecule has 2 aromatic rings. The summed E-state index contributed by atoms with van der Waals surface area (Å²) in [6.07, 6.45) is -0.0344. The molecule has 0 aromatic heterocycles. The van der Waals surface area contributed by atoms with E-state index in [0.717, 1.165) is 11.1 Å². The van der Waals surface area contributed by atoms with Crippen molar-refractivity contribution in [2.24, 2.45) is 5.41 Å². The van der Waals surface area contributed by atoms with Gasteiger partial charge in [-0.1, -0.05) is 74.8 Å². The molecule has 0 aliphatic carbocycles. The van der Waals surface area contributed by atoms with Gasteiger partial charge in [0.05, 0.1) is 0 Å². The summed E-state index contributed by atoms with van der Waals surface area (Å²) in [4.78, 5) is 30.5. The Morgan fingerprint density at radius 1 is 1.10 bits per heavy atom. The second-order valence-electron chi connectivity index (χ2n) is 8.61. The van der Waals surface area contributed by atoms with Crippen molar-refractivity contribution in [1.29, 1.82) is 0 Å². The third-order valence-corrected chi connectivity index (χ3v) is 5.78. The smallest absolute Gasteiger partial charge is 0.319 e. The van der Waals surface area contributed by atoms with E-state index in [0.29, 0.717) is 11.4 Å². The molecule has 154 valence electrons. The predicted octanol–water partition coefficient (Wildman–Crippen LogP) is 4.26. The van der Waals surface area contributed by atoms with Crippen molar-refractivity contribution < 1.29 is 9.59 Å². The zero-order chi connectivity index (χ0) is 21.4. The third kappa shape index (κ3) is 3.60.